The van der Waals surface area contributed by atoms with Gasteiger partial charge in [-0.2, -0.15) is 11.8 Å². The van der Waals surface area contributed by atoms with Crippen molar-refractivity contribution >= 4 is 17.7 Å². The maximum Gasteiger partial charge on any atom is 0.303 e. The van der Waals surface area contributed by atoms with Gasteiger partial charge in [0.2, 0.25) is 0 Å². The minimum atomic E-state index is -0.639. The van der Waals surface area contributed by atoms with Crippen LogP contribution in [0.5, 0.6) is 0 Å². The number of hydrogen-bond acceptors (Lipinski definition) is 2. The van der Waals surface area contributed by atoms with Gasteiger partial charge in [0.25, 0.3) is 0 Å². The van der Waals surface area contributed by atoms with Crippen LogP contribution in [0.25, 0.3) is 0 Å². The second-order valence-corrected chi connectivity index (χ2v) is 4.67. The maximum atomic E-state index is 10.2. The average Bonchev–Trinajstić information content (AvgIpc) is 2.44. The standard InChI is InChI=1S/C8H12O2S/c9-7(10)2-1-5-6-3-4-11-8(5)6/h5-6,8H,1-4H2,(H,9,10)/t5?,6-,8+/m1/s1. The van der Waals surface area contributed by atoms with Crippen LogP contribution in [-0.2, 0) is 4.79 Å². The zero-order valence-electron chi connectivity index (χ0n) is 6.32. The fraction of sp³-hybridized carbons (Fsp3) is 0.875. The van der Waals surface area contributed by atoms with Crippen molar-refractivity contribution < 1.29 is 9.90 Å². The minimum Gasteiger partial charge on any atom is -0.481 e. The Morgan fingerprint density at radius 2 is 2.45 bits per heavy atom. The van der Waals surface area contributed by atoms with E-state index in [2.05, 4.69) is 0 Å². The van der Waals surface area contributed by atoms with E-state index in [1.807, 2.05) is 11.8 Å². The molecule has 11 heavy (non-hydrogen) atoms. The molecule has 2 aliphatic rings. The highest BCUT2D eigenvalue weighted by Gasteiger charge is 2.52. The van der Waals surface area contributed by atoms with Crippen LogP contribution in [0.2, 0.25) is 0 Å². The first-order chi connectivity index (χ1) is 5.29. The Bertz CT molecular complexity index is 171. The van der Waals surface area contributed by atoms with Crippen molar-refractivity contribution in [1.82, 2.24) is 0 Å². The molecule has 1 aliphatic carbocycles. The first-order valence-electron chi connectivity index (χ1n) is 4.12. The van der Waals surface area contributed by atoms with E-state index in [4.69, 9.17) is 5.11 Å². The van der Waals surface area contributed by atoms with Gasteiger partial charge in [-0.25, -0.2) is 0 Å². The summed E-state index contributed by atoms with van der Waals surface area (Å²) in [6, 6.07) is 0. The van der Waals surface area contributed by atoms with Crippen LogP contribution in [-0.4, -0.2) is 22.1 Å². The number of rotatable bonds is 3. The molecule has 2 nitrogen and oxygen atoms in total. The molecular weight excluding hydrogens is 160 g/mol. The fourth-order valence-corrected chi connectivity index (χ4v) is 3.80. The number of fused-ring (bicyclic) bond motifs is 1. The van der Waals surface area contributed by atoms with Crippen LogP contribution in [0.15, 0.2) is 0 Å². The van der Waals surface area contributed by atoms with Crippen molar-refractivity contribution in [3.05, 3.63) is 0 Å². The summed E-state index contributed by atoms with van der Waals surface area (Å²) in [6.07, 6.45) is 2.62. The second kappa shape index (κ2) is 2.70. The molecule has 1 saturated carbocycles. The van der Waals surface area contributed by atoms with Gasteiger partial charge >= 0.3 is 5.97 Å². The molecule has 0 amide bonds. The topological polar surface area (TPSA) is 37.3 Å². The SMILES string of the molecule is O=C(O)CCC1[C@H]2CCS[C@@H]12. The molecule has 2 fully saturated rings. The van der Waals surface area contributed by atoms with Crippen LogP contribution in [0, 0.1) is 11.8 Å². The molecule has 1 unspecified atom stereocenters. The van der Waals surface area contributed by atoms with Crippen molar-refractivity contribution in [2.45, 2.75) is 24.5 Å². The van der Waals surface area contributed by atoms with Crippen molar-refractivity contribution in [3.8, 4) is 0 Å². The molecule has 0 bridgehead atoms. The monoisotopic (exact) mass is 172 g/mol. The lowest BCUT2D eigenvalue weighted by Crippen LogP contribution is -1.97. The molecule has 0 aromatic carbocycles. The Hall–Kier alpha value is -0.180. The molecule has 3 atom stereocenters. The van der Waals surface area contributed by atoms with Gasteiger partial charge in [-0.3, -0.25) is 4.79 Å². The van der Waals surface area contributed by atoms with E-state index in [-0.39, 0.29) is 0 Å². The van der Waals surface area contributed by atoms with Crippen molar-refractivity contribution in [2.24, 2.45) is 11.8 Å². The molecule has 3 heteroatoms. The number of thioether (sulfide) groups is 1. The van der Waals surface area contributed by atoms with Gasteiger partial charge in [0.1, 0.15) is 0 Å². The lowest BCUT2D eigenvalue weighted by atomic mass is 10.1. The van der Waals surface area contributed by atoms with Crippen molar-refractivity contribution in [3.63, 3.8) is 0 Å². The second-order valence-electron chi connectivity index (χ2n) is 3.38. The van der Waals surface area contributed by atoms with Gasteiger partial charge in [-0.05, 0) is 30.4 Å². The van der Waals surface area contributed by atoms with E-state index >= 15 is 0 Å². The largest absolute Gasteiger partial charge is 0.481 e. The van der Waals surface area contributed by atoms with Gasteiger partial charge in [0.15, 0.2) is 0 Å². The molecule has 1 heterocycles. The van der Waals surface area contributed by atoms with Crippen molar-refractivity contribution in [1.29, 1.82) is 0 Å². The number of carbonyl (C=O) groups is 1. The summed E-state index contributed by atoms with van der Waals surface area (Å²) >= 11 is 2.04. The summed E-state index contributed by atoms with van der Waals surface area (Å²) in [5.74, 6) is 2.31. The number of aliphatic carboxylic acids is 1. The van der Waals surface area contributed by atoms with Crippen LogP contribution in [0.1, 0.15) is 19.3 Å². The number of carboxylic acids is 1. The maximum absolute atomic E-state index is 10.2. The third-order valence-corrected chi connectivity index (χ3v) is 4.26. The van der Waals surface area contributed by atoms with Crippen LogP contribution >= 0.6 is 11.8 Å². The summed E-state index contributed by atoms with van der Waals surface area (Å²) in [4.78, 5) is 10.2. The molecule has 2 rings (SSSR count). The van der Waals surface area contributed by atoms with E-state index in [1.165, 1.54) is 12.2 Å². The molecule has 1 aliphatic heterocycles. The third-order valence-electron chi connectivity index (χ3n) is 2.71. The molecule has 1 N–H and O–H groups in total. The van der Waals surface area contributed by atoms with E-state index in [0.717, 1.165) is 23.5 Å². The number of carboxylic acid groups (broad SMARTS) is 1. The summed E-state index contributed by atoms with van der Waals surface area (Å²) in [5, 5.41) is 9.29. The smallest absolute Gasteiger partial charge is 0.303 e. The lowest BCUT2D eigenvalue weighted by Gasteiger charge is -1.98. The molecule has 1 saturated heterocycles. The highest BCUT2D eigenvalue weighted by atomic mass is 32.2. The Kier molecular flexibility index (Phi) is 1.83. The highest BCUT2D eigenvalue weighted by Crippen LogP contribution is 2.58. The fourth-order valence-electron chi connectivity index (χ4n) is 2.04. The van der Waals surface area contributed by atoms with Crippen LogP contribution in [0.3, 0.4) is 0 Å². The van der Waals surface area contributed by atoms with Gasteiger partial charge < -0.3 is 5.11 Å². The zero-order valence-corrected chi connectivity index (χ0v) is 7.14. The molecule has 0 radical (unpaired) electrons. The Morgan fingerprint density at radius 3 is 3.00 bits per heavy atom. The summed E-state index contributed by atoms with van der Waals surface area (Å²) in [5.41, 5.74) is 0. The Labute approximate surface area is 70.4 Å². The van der Waals surface area contributed by atoms with Gasteiger partial charge in [0.05, 0.1) is 0 Å². The highest BCUT2D eigenvalue weighted by molar-refractivity contribution is 8.00. The quantitative estimate of drug-likeness (QED) is 0.702. The van der Waals surface area contributed by atoms with Crippen LogP contribution < -0.4 is 0 Å². The first-order valence-corrected chi connectivity index (χ1v) is 5.17. The van der Waals surface area contributed by atoms with Gasteiger partial charge in [-0.15, -0.1) is 0 Å². The van der Waals surface area contributed by atoms with E-state index < -0.39 is 5.97 Å². The molecule has 0 aromatic rings. The zero-order chi connectivity index (χ0) is 7.84. The van der Waals surface area contributed by atoms with Gasteiger partial charge in [0, 0.05) is 11.7 Å². The molecular formula is C8H12O2S. The molecule has 0 spiro atoms. The summed E-state index contributed by atoms with van der Waals surface area (Å²) in [6.45, 7) is 0. The Balaban J connectivity index is 1.71. The first kappa shape index (κ1) is 7.47. The van der Waals surface area contributed by atoms with Crippen molar-refractivity contribution in [2.75, 3.05) is 5.75 Å². The van der Waals surface area contributed by atoms with Gasteiger partial charge in [-0.1, -0.05) is 0 Å². The van der Waals surface area contributed by atoms with E-state index in [9.17, 15) is 4.79 Å². The summed E-state index contributed by atoms with van der Waals surface area (Å²) in [7, 11) is 0. The Morgan fingerprint density at radius 1 is 1.64 bits per heavy atom. The minimum absolute atomic E-state index is 0.373. The van der Waals surface area contributed by atoms with E-state index in [1.54, 1.807) is 0 Å². The normalized spacial score (nSPS) is 40.2. The predicted octanol–water partition coefficient (Wildman–Crippen LogP) is 1.60. The predicted molar refractivity (Wildman–Crippen MR) is 44.7 cm³/mol. The van der Waals surface area contributed by atoms with Crippen LogP contribution in [0.4, 0.5) is 0 Å². The lowest BCUT2D eigenvalue weighted by molar-refractivity contribution is -0.137. The third kappa shape index (κ3) is 1.39. The number of hydrogen-bond donors (Lipinski definition) is 1. The van der Waals surface area contributed by atoms with E-state index in [0.29, 0.717) is 6.42 Å². The molecule has 0 aromatic heterocycles. The average molecular weight is 172 g/mol. The summed E-state index contributed by atoms with van der Waals surface area (Å²) < 4.78 is 0. The molecule has 62 valence electrons.